The fraction of sp³-hybridized carbons (Fsp3) is 0.208. The molecule has 0 saturated heterocycles. The summed E-state index contributed by atoms with van der Waals surface area (Å²) in [4.78, 5) is 39.1. The minimum Gasteiger partial charge on any atom is -0.497 e. The van der Waals surface area contributed by atoms with E-state index < -0.39 is 11.9 Å². The van der Waals surface area contributed by atoms with E-state index in [1.54, 1.807) is 69.5 Å². The van der Waals surface area contributed by atoms with Gasteiger partial charge in [0.2, 0.25) is 0 Å². The highest BCUT2D eigenvalue weighted by atomic mass is 16.5. The van der Waals surface area contributed by atoms with Crippen molar-refractivity contribution in [3.05, 3.63) is 76.5 Å². The van der Waals surface area contributed by atoms with Gasteiger partial charge < -0.3 is 14.2 Å². The van der Waals surface area contributed by atoms with Crippen LogP contribution in [0.15, 0.2) is 65.4 Å². The highest BCUT2D eigenvalue weighted by Crippen LogP contribution is 2.35. The Bertz CT molecular complexity index is 1080. The lowest BCUT2D eigenvalue weighted by Gasteiger charge is -2.18. The van der Waals surface area contributed by atoms with Gasteiger partial charge in [-0.05, 0) is 61.9 Å². The Morgan fingerprint density at radius 1 is 1.03 bits per heavy atom. The number of nitrogens with zero attached hydrogens (tertiary/aromatic N) is 1. The van der Waals surface area contributed by atoms with E-state index in [-0.39, 0.29) is 23.7 Å². The molecule has 1 heterocycles. The SMILES string of the molecule is CCOC(=O)c1ccc(N2C(=O)/C(=C\c3cccc(OC)c3)C(C(=O)OC)=C2C)cc1. The third-order valence-electron chi connectivity index (χ3n) is 4.83. The third-order valence-corrected chi connectivity index (χ3v) is 4.83. The highest BCUT2D eigenvalue weighted by molar-refractivity contribution is 6.23. The number of methoxy groups -OCH3 is 2. The Balaban J connectivity index is 2.04. The van der Waals surface area contributed by atoms with Crippen molar-refractivity contribution in [2.45, 2.75) is 13.8 Å². The smallest absolute Gasteiger partial charge is 0.340 e. The standard InChI is InChI=1S/C24H23NO6/c1-5-31-23(27)17-9-11-18(12-10-17)25-15(2)21(24(28)30-4)20(22(25)26)14-16-7-6-8-19(13-16)29-3/h6-14H,5H2,1-4H3/b20-14-. The van der Waals surface area contributed by atoms with Crippen molar-refractivity contribution in [3.8, 4) is 5.75 Å². The number of allylic oxidation sites excluding steroid dienone is 1. The van der Waals surface area contributed by atoms with Crippen LogP contribution in [0.5, 0.6) is 5.75 Å². The van der Waals surface area contributed by atoms with Gasteiger partial charge in [0.05, 0.1) is 37.5 Å². The molecule has 0 spiro atoms. The summed E-state index contributed by atoms with van der Waals surface area (Å²) in [6, 6.07) is 13.6. The summed E-state index contributed by atoms with van der Waals surface area (Å²) in [5.41, 5.74) is 2.44. The number of amides is 1. The molecule has 1 amide bonds. The van der Waals surface area contributed by atoms with Gasteiger partial charge in [0.25, 0.3) is 5.91 Å². The molecule has 31 heavy (non-hydrogen) atoms. The molecule has 3 rings (SSSR count). The van der Waals surface area contributed by atoms with E-state index in [1.807, 2.05) is 6.07 Å². The molecule has 0 radical (unpaired) electrons. The third kappa shape index (κ3) is 4.35. The molecule has 7 heteroatoms. The van der Waals surface area contributed by atoms with Crippen LogP contribution in [0.1, 0.15) is 29.8 Å². The predicted molar refractivity (Wildman–Crippen MR) is 116 cm³/mol. The number of anilines is 1. The van der Waals surface area contributed by atoms with E-state index in [4.69, 9.17) is 14.2 Å². The second kappa shape index (κ2) is 9.30. The number of benzene rings is 2. The lowest BCUT2D eigenvalue weighted by molar-refractivity contribution is -0.136. The lowest BCUT2D eigenvalue weighted by atomic mass is 10.0. The van der Waals surface area contributed by atoms with Gasteiger partial charge in [0, 0.05) is 11.4 Å². The fourth-order valence-corrected chi connectivity index (χ4v) is 3.35. The number of ether oxygens (including phenoxy) is 3. The van der Waals surface area contributed by atoms with Gasteiger partial charge in [0.15, 0.2) is 0 Å². The van der Waals surface area contributed by atoms with Gasteiger partial charge in [-0.2, -0.15) is 0 Å². The molecule has 1 aliphatic heterocycles. The van der Waals surface area contributed by atoms with Crippen molar-refractivity contribution in [3.63, 3.8) is 0 Å². The molecule has 0 saturated carbocycles. The van der Waals surface area contributed by atoms with Crippen molar-refractivity contribution in [2.75, 3.05) is 25.7 Å². The first-order valence-electron chi connectivity index (χ1n) is 9.68. The van der Waals surface area contributed by atoms with Gasteiger partial charge >= 0.3 is 11.9 Å². The van der Waals surface area contributed by atoms with Crippen molar-refractivity contribution >= 4 is 29.6 Å². The van der Waals surface area contributed by atoms with Crippen molar-refractivity contribution in [2.24, 2.45) is 0 Å². The Morgan fingerprint density at radius 3 is 2.35 bits per heavy atom. The molecular weight excluding hydrogens is 398 g/mol. The Morgan fingerprint density at radius 2 is 1.74 bits per heavy atom. The zero-order chi connectivity index (χ0) is 22.5. The number of carbonyl (C=O) groups is 3. The van der Waals surface area contributed by atoms with Crippen molar-refractivity contribution < 1.29 is 28.6 Å². The average Bonchev–Trinajstić information content (AvgIpc) is 3.03. The first kappa shape index (κ1) is 21.8. The number of rotatable bonds is 6. The largest absolute Gasteiger partial charge is 0.497 e. The van der Waals surface area contributed by atoms with Gasteiger partial charge in [-0.25, -0.2) is 9.59 Å². The zero-order valence-electron chi connectivity index (χ0n) is 17.8. The molecule has 0 N–H and O–H groups in total. The normalized spacial score (nSPS) is 14.8. The number of carbonyl (C=O) groups excluding carboxylic acids is 3. The molecule has 0 aliphatic carbocycles. The van der Waals surface area contributed by atoms with E-state index >= 15 is 0 Å². The maximum absolute atomic E-state index is 13.3. The number of esters is 2. The van der Waals surface area contributed by atoms with E-state index in [1.165, 1.54) is 12.0 Å². The summed E-state index contributed by atoms with van der Waals surface area (Å²) in [5.74, 6) is -0.787. The highest BCUT2D eigenvalue weighted by Gasteiger charge is 2.37. The van der Waals surface area contributed by atoms with Crippen LogP contribution in [0.2, 0.25) is 0 Å². The zero-order valence-corrected chi connectivity index (χ0v) is 17.8. The van der Waals surface area contributed by atoms with Crippen LogP contribution in [-0.4, -0.2) is 38.7 Å². The summed E-state index contributed by atoms with van der Waals surface area (Å²) in [5, 5.41) is 0. The van der Waals surface area contributed by atoms with Gasteiger partial charge in [-0.3, -0.25) is 9.69 Å². The second-order valence-corrected chi connectivity index (χ2v) is 6.69. The molecule has 0 unspecified atom stereocenters. The maximum atomic E-state index is 13.3. The summed E-state index contributed by atoms with van der Waals surface area (Å²) in [6.07, 6.45) is 1.63. The van der Waals surface area contributed by atoms with E-state index in [0.717, 1.165) is 0 Å². The van der Waals surface area contributed by atoms with Gasteiger partial charge in [0.1, 0.15) is 5.75 Å². The second-order valence-electron chi connectivity index (χ2n) is 6.69. The van der Waals surface area contributed by atoms with E-state index in [2.05, 4.69) is 0 Å². The van der Waals surface area contributed by atoms with Crippen LogP contribution in [0, 0.1) is 0 Å². The van der Waals surface area contributed by atoms with E-state index in [9.17, 15) is 14.4 Å². The van der Waals surface area contributed by atoms with Crippen LogP contribution in [0.4, 0.5) is 5.69 Å². The summed E-state index contributed by atoms with van der Waals surface area (Å²) in [7, 11) is 2.83. The van der Waals surface area contributed by atoms with Crippen molar-refractivity contribution in [1.82, 2.24) is 0 Å². The molecule has 0 atom stereocenters. The minimum atomic E-state index is -0.606. The predicted octanol–water partition coefficient (Wildman–Crippen LogP) is 3.75. The first-order valence-corrected chi connectivity index (χ1v) is 9.68. The van der Waals surface area contributed by atoms with Crippen LogP contribution in [0.25, 0.3) is 6.08 Å². The molecule has 160 valence electrons. The van der Waals surface area contributed by atoms with Crippen molar-refractivity contribution in [1.29, 1.82) is 0 Å². The summed E-state index contributed by atoms with van der Waals surface area (Å²) >= 11 is 0. The fourth-order valence-electron chi connectivity index (χ4n) is 3.35. The van der Waals surface area contributed by atoms with Crippen LogP contribution in [0.3, 0.4) is 0 Å². The molecular formula is C24H23NO6. The minimum absolute atomic E-state index is 0.185. The topological polar surface area (TPSA) is 82.1 Å². The quantitative estimate of drug-likeness (QED) is 0.522. The Kier molecular flexibility index (Phi) is 6.55. The number of hydrogen-bond donors (Lipinski definition) is 0. The van der Waals surface area contributed by atoms with E-state index in [0.29, 0.717) is 28.3 Å². The summed E-state index contributed by atoms with van der Waals surface area (Å²) < 4.78 is 15.2. The van der Waals surface area contributed by atoms with Crippen LogP contribution >= 0.6 is 0 Å². The molecule has 1 aliphatic rings. The summed E-state index contributed by atoms with van der Waals surface area (Å²) in [6.45, 7) is 3.68. The molecule has 0 aromatic heterocycles. The number of hydrogen-bond acceptors (Lipinski definition) is 6. The molecule has 0 fully saturated rings. The van der Waals surface area contributed by atoms with Gasteiger partial charge in [-0.1, -0.05) is 12.1 Å². The van der Waals surface area contributed by atoms with Crippen LogP contribution < -0.4 is 9.64 Å². The molecule has 0 bridgehead atoms. The Hall–Kier alpha value is -3.87. The monoisotopic (exact) mass is 421 g/mol. The molecule has 2 aromatic rings. The van der Waals surface area contributed by atoms with Gasteiger partial charge in [-0.15, -0.1) is 0 Å². The molecule has 2 aromatic carbocycles. The Labute approximate surface area is 180 Å². The maximum Gasteiger partial charge on any atom is 0.340 e. The van der Waals surface area contributed by atoms with Crippen LogP contribution in [-0.2, 0) is 19.1 Å². The first-order chi connectivity index (χ1) is 14.9. The lowest BCUT2D eigenvalue weighted by Crippen LogP contribution is -2.24. The molecule has 7 nitrogen and oxygen atoms in total. The average molecular weight is 421 g/mol.